The first-order chi connectivity index (χ1) is 11.7. The Morgan fingerprint density at radius 1 is 1.12 bits per heavy atom. The SMILES string of the molecule is O=c1[nH]c2c(-c3ccccn3)nsc2c(=O)n1Cc1cccnc1. The van der Waals surface area contributed by atoms with Crippen LogP contribution in [0.15, 0.2) is 58.5 Å². The van der Waals surface area contributed by atoms with Gasteiger partial charge in [0.05, 0.1) is 17.8 Å². The average Bonchev–Trinajstić information content (AvgIpc) is 3.04. The first-order valence-corrected chi connectivity index (χ1v) is 7.94. The van der Waals surface area contributed by atoms with Gasteiger partial charge in [-0.05, 0) is 35.3 Å². The van der Waals surface area contributed by atoms with Crippen LogP contribution in [0.25, 0.3) is 21.6 Å². The van der Waals surface area contributed by atoms with Crippen LogP contribution in [-0.2, 0) is 6.54 Å². The van der Waals surface area contributed by atoms with Crippen molar-refractivity contribution in [3.8, 4) is 11.4 Å². The minimum absolute atomic E-state index is 0.161. The standard InChI is InChI=1S/C16H11N5O2S/c22-15-14-13(12(20-24-14)11-5-1-2-7-18-11)19-16(23)21(15)9-10-4-3-6-17-8-10/h1-8H,9H2,(H,19,23). The van der Waals surface area contributed by atoms with Gasteiger partial charge in [-0.15, -0.1) is 0 Å². The molecule has 0 radical (unpaired) electrons. The van der Waals surface area contributed by atoms with E-state index in [0.29, 0.717) is 21.6 Å². The largest absolute Gasteiger partial charge is 0.329 e. The first-order valence-electron chi connectivity index (χ1n) is 7.17. The van der Waals surface area contributed by atoms with Crippen LogP contribution < -0.4 is 11.2 Å². The van der Waals surface area contributed by atoms with Crippen molar-refractivity contribution in [2.75, 3.05) is 0 Å². The fraction of sp³-hybridized carbons (Fsp3) is 0.0625. The molecule has 4 aromatic rings. The van der Waals surface area contributed by atoms with Crippen LogP contribution in [-0.4, -0.2) is 23.9 Å². The van der Waals surface area contributed by atoms with Crippen LogP contribution in [0.1, 0.15) is 5.56 Å². The van der Waals surface area contributed by atoms with Crippen LogP contribution in [0, 0.1) is 0 Å². The van der Waals surface area contributed by atoms with Crippen LogP contribution >= 0.6 is 11.5 Å². The first kappa shape index (κ1) is 14.5. The summed E-state index contributed by atoms with van der Waals surface area (Å²) in [6.07, 6.45) is 4.91. The van der Waals surface area contributed by atoms with Crippen molar-refractivity contribution in [1.29, 1.82) is 0 Å². The van der Waals surface area contributed by atoms with Gasteiger partial charge in [-0.2, -0.15) is 4.37 Å². The molecule has 118 valence electrons. The van der Waals surface area contributed by atoms with Crippen molar-refractivity contribution in [2.24, 2.45) is 0 Å². The number of hydrogen-bond acceptors (Lipinski definition) is 6. The van der Waals surface area contributed by atoms with E-state index in [9.17, 15) is 9.59 Å². The summed E-state index contributed by atoms with van der Waals surface area (Å²) in [4.78, 5) is 36.0. The predicted octanol–water partition coefficient (Wildman–Crippen LogP) is 1.65. The molecule has 0 bridgehead atoms. The second-order valence-corrected chi connectivity index (χ2v) is 5.91. The van der Waals surface area contributed by atoms with Crippen LogP contribution in [0.3, 0.4) is 0 Å². The zero-order valence-corrected chi connectivity index (χ0v) is 13.2. The van der Waals surface area contributed by atoms with Crippen molar-refractivity contribution in [3.63, 3.8) is 0 Å². The maximum atomic E-state index is 12.7. The molecule has 4 rings (SSSR count). The Morgan fingerprint density at radius 3 is 2.79 bits per heavy atom. The smallest absolute Gasteiger partial charge is 0.304 e. The number of nitrogens with one attached hydrogen (secondary N) is 1. The predicted molar refractivity (Wildman–Crippen MR) is 91.1 cm³/mol. The average molecular weight is 337 g/mol. The van der Waals surface area contributed by atoms with E-state index in [1.165, 1.54) is 0 Å². The molecule has 0 atom stereocenters. The Kier molecular flexibility index (Phi) is 3.51. The van der Waals surface area contributed by atoms with Crippen molar-refractivity contribution in [1.82, 2.24) is 23.9 Å². The molecule has 0 unspecified atom stereocenters. The summed E-state index contributed by atoms with van der Waals surface area (Å²) in [5.41, 5.74) is 1.49. The lowest BCUT2D eigenvalue weighted by Gasteiger charge is -2.04. The van der Waals surface area contributed by atoms with E-state index in [1.54, 1.807) is 36.8 Å². The molecule has 0 aliphatic carbocycles. The molecule has 24 heavy (non-hydrogen) atoms. The molecule has 0 aliphatic rings. The van der Waals surface area contributed by atoms with E-state index in [4.69, 9.17) is 0 Å². The van der Waals surface area contributed by atoms with E-state index in [-0.39, 0.29) is 12.1 Å². The Bertz CT molecular complexity index is 1120. The summed E-state index contributed by atoms with van der Waals surface area (Å²) < 4.78 is 5.85. The summed E-state index contributed by atoms with van der Waals surface area (Å²) in [7, 11) is 0. The van der Waals surface area contributed by atoms with Gasteiger partial charge in [-0.25, -0.2) is 4.79 Å². The van der Waals surface area contributed by atoms with E-state index < -0.39 is 5.69 Å². The van der Waals surface area contributed by atoms with Crippen LogP contribution in [0.4, 0.5) is 0 Å². The highest BCUT2D eigenvalue weighted by atomic mass is 32.1. The van der Waals surface area contributed by atoms with E-state index in [2.05, 4.69) is 19.3 Å². The van der Waals surface area contributed by atoms with Crippen molar-refractivity contribution >= 4 is 21.7 Å². The fourth-order valence-corrected chi connectivity index (χ4v) is 3.23. The number of H-pyrrole nitrogens is 1. The molecule has 1 N–H and O–H groups in total. The second-order valence-electron chi connectivity index (χ2n) is 5.13. The number of pyridine rings is 2. The zero-order valence-electron chi connectivity index (χ0n) is 12.3. The molecule has 0 aliphatic heterocycles. The molecule has 4 heterocycles. The van der Waals surface area contributed by atoms with Gasteiger partial charge in [0.25, 0.3) is 5.56 Å². The third-order valence-electron chi connectivity index (χ3n) is 3.58. The molecular weight excluding hydrogens is 326 g/mol. The lowest BCUT2D eigenvalue weighted by Crippen LogP contribution is -2.34. The number of fused-ring (bicyclic) bond motifs is 1. The van der Waals surface area contributed by atoms with Crippen molar-refractivity contribution in [3.05, 3.63) is 75.3 Å². The molecule has 0 fully saturated rings. The topological polar surface area (TPSA) is 93.5 Å². The second kappa shape index (κ2) is 5.82. The number of nitrogens with zero attached hydrogens (tertiary/aromatic N) is 4. The van der Waals surface area contributed by atoms with Gasteiger partial charge in [-0.3, -0.25) is 19.3 Å². The Morgan fingerprint density at radius 2 is 2.04 bits per heavy atom. The molecular formula is C16H11N5O2S. The Balaban J connectivity index is 1.88. The highest BCUT2D eigenvalue weighted by Gasteiger charge is 2.16. The lowest BCUT2D eigenvalue weighted by molar-refractivity contribution is 0.711. The Hall–Kier alpha value is -3.13. The van der Waals surface area contributed by atoms with Gasteiger partial charge < -0.3 is 4.98 Å². The molecule has 7 nitrogen and oxygen atoms in total. The van der Waals surface area contributed by atoms with Gasteiger partial charge in [0.1, 0.15) is 10.4 Å². The number of aromatic nitrogens is 5. The highest BCUT2D eigenvalue weighted by molar-refractivity contribution is 7.13. The normalized spacial score (nSPS) is 11.0. The maximum Gasteiger partial charge on any atom is 0.329 e. The minimum Gasteiger partial charge on any atom is -0.304 e. The summed E-state index contributed by atoms with van der Waals surface area (Å²) in [5, 5.41) is 0. The third kappa shape index (κ3) is 2.42. The molecule has 0 amide bonds. The molecule has 0 aromatic carbocycles. The highest BCUT2D eigenvalue weighted by Crippen LogP contribution is 2.24. The van der Waals surface area contributed by atoms with Gasteiger partial charge >= 0.3 is 5.69 Å². The number of hydrogen-bond donors (Lipinski definition) is 1. The maximum absolute atomic E-state index is 12.7. The van der Waals surface area contributed by atoms with E-state index in [0.717, 1.165) is 21.7 Å². The van der Waals surface area contributed by atoms with E-state index >= 15 is 0 Å². The monoisotopic (exact) mass is 337 g/mol. The molecule has 0 saturated heterocycles. The molecule has 8 heteroatoms. The molecule has 4 aromatic heterocycles. The van der Waals surface area contributed by atoms with Crippen molar-refractivity contribution < 1.29 is 0 Å². The van der Waals surface area contributed by atoms with Gasteiger partial charge in [-0.1, -0.05) is 12.1 Å². The quantitative estimate of drug-likeness (QED) is 0.613. The molecule has 0 spiro atoms. The fourth-order valence-electron chi connectivity index (χ4n) is 2.44. The minimum atomic E-state index is -0.478. The van der Waals surface area contributed by atoms with Crippen molar-refractivity contribution in [2.45, 2.75) is 6.54 Å². The van der Waals surface area contributed by atoms with E-state index in [1.807, 2.05) is 12.1 Å². The summed E-state index contributed by atoms with van der Waals surface area (Å²) in [6, 6.07) is 8.99. The third-order valence-corrected chi connectivity index (χ3v) is 4.41. The summed E-state index contributed by atoms with van der Waals surface area (Å²) in [5.74, 6) is 0. The lowest BCUT2D eigenvalue weighted by atomic mass is 10.2. The Labute approximate surface area is 139 Å². The van der Waals surface area contributed by atoms with Gasteiger partial charge in [0, 0.05) is 18.6 Å². The van der Waals surface area contributed by atoms with Gasteiger partial charge in [0.15, 0.2) is 0 Å². The number of rotatable bonds is 3. The van der Waals surface area contributed by atoms with Crippen LogP contribution in [0.5, 0.6) is 0 Å². The van der Waals surface area contributed by atoms with Gasteiger partial charge in [0.2, 0.25) is 0 Å². The number of aromatic amines is 1. The summed E-state index contributed by atoms with van der Waals surface area (Å²) in [6.45, 7) is 0.161. The zero-order chi connectivity index (χ0) is 16.5. The molecule has 0 saturated carbocycles. The van der Waals surface area contributed by atoms with Crippen LogP contribution in [0.2, 0.25) is 0 Å². The summed E-state index contributed by atoms with van der Waals surface area (Å²) >= 11 is 1.06.